The second kappa shape index (κ2) is 5.64. The van der Waals surface area contributed by atoms with Gasteiger partial charge in [-0.15, -0.1) is 0 Å². The highest BCUT2D eigenvalue weighted by atomic mass is 16.5. The van der Waals surface area contributed by atoms with Crippen LogP contribution >= 0.6 is 0 Å². The van der Waals surface area contributed by atoms with Crippen LogP contribution in [0.25, 0.3) is 0 Å². The summed E-state index contributed by atoms with van der Waals surface area (Å²) in [5.74, 6) is 0. The zero-order valence-electron chi connectivity index (χ0n) is 12.5. The van der Waals surface area contributed by atoms with Gasteiger partial charge < -0.3 is 10.5 Å². The lowest BCUT2D eigenvalue weighted by Crippen LogP contribution is -2.32. The first-order valence-corrected chi connectivity index (χ1v) is 7.36. The van der Waals surface area contributed by atoms with E-state index in [1.165, 1.54) is 36.8 Å². The van der Waals surface area contributed by atoms with Gasteiger partial charge >= 0.3 is 0 Å². The molecule has 0 spiro atoms. The average Bonchev–Trinajstić information content (AvgIpc) is 2.88. The Labute approximate surface area is 117 Å². The normalized spacial score (nSPS) is 18.7. The summed E-state index contributed by atoms with van der Waals surface area (Å²) in [6, 6.07) is 8.97. The summed E-state index contributed by atoms with van der Waals surface area (Å²) in [4.78, 5) is 0. The van der Waals surface area contributed by atoms with E-state index in [9.17, 15) is 0 Å². The first-order valence-electron chi connectivity index (χ1n) is 7.36. The van der Waals surface area contributed by atoms with E-state index in [2.05, 4.69) is 38.1 Å². The summed E-state index contributed by atoms with van der Waals surface area (Å²) < 4.78 is 5.53. The van der Waals surface area contributed by atoms with Gasteiger partial charge in [-0.1, -0.05) is 37.1 Å². The van der Waals surface area contributed by atoms with Crippen molar-refractivity contribution in [3.63, 3.8) is 0 Å². The Morgan fingerprint density at radius 2 is 1.95 bits per heavy atom. The maximum atomic E-state index is 6.08. The summed E-state index contributed by atoms with van der Waals surface area (Å²) in [6.07, 6.45) is 6.04. The summed E-state index contributed by atoms with van der Waals surface area (Å²) in [7, 11) is 1.78. The number of rotatable bonds is 5. The molecule has 1 aliphatic carbocycles. The van der Waals surface area contributed by atoms with Crippen LogP contribution in [0, 0.1) is 0 Å². The third-order valence-electron chi connectivity index (χ3n) is 4.67. The monoisotopic (exact) mass is 261 g/mol. The number of nitrogens with two attached hydrogens (primary N) is 1. The van der Waals surface area contributed by atoms with E-state index in [4.69, 9.17) is 10.5 Å². The van der Waals surface area contributed by atoms with Crippen molar-refractivity contribution in [3.8, 4) is 0 Å². The molecule has 2 rings (SSSR count). The highest BCUT2D eigenvalue weighted by Gasteiger charge is 2.34. The van der Waals surface area contributed by atoms with Crippen LogP contribution in [0.4, 0.5) is 0 Å². The summed E-state index contributed by atoms with van der Waals surface area (Å²) >= 11 is 0. The lowest BCUT2D eigenvalue weighted by atomic mass is 9.78. The molecule has 2 N–H and O–H groups in total. The second-order valence-electron chi connectivity index (χ2n) is 6.53. The lowest BCUT2D eigenvalue weighted by Gasteiger charge is -2.29. The van der Waals surface area contributed by atoms with E-state index in [0.717, 1.165) is 13.0 Å². The molecular weight excluding hydrogens is 234 g/mol. The van der Waals surface area contributed by atoms with Crippen LogP contribution in [0.3, 0.4) is 0 Å². The number of hydrogen-bond acceptors (Lipinski definition) is 2. The molecular formula is C17H27NO. The van der Waals surface area contributed by atoms with Crippen molar-refractivity contribution >= 4 is 0 Å². The van der Waals surface area contributed by atoms with E-state index in [1.807, 2.05) is 0 Å². The molecule has 0 amide bonds. The fourth-order valence-corrected chi connectivity index (χ4v) is 3.24. The van der Waals surface area contributed by atoms with Crippen LogP contribution in [0.5, 0.6) is 0 Å². The van der Waals surface area contributed by atoms with Crippen molar-refractivity contribution in [2.24, 2.45) is 5.73 Å². The zero-order chi connectivity index (χ0) is 13.9. The molecule has 0 aliphatic heterocycles. The highest BCUT2D eigenvalue weighted by molar-refractivity contribution is 5.32. The van der Waals surface area contributed by atoms with Crippen LogP contribution in [0.1, 0.15) is 50.7 Å². The van der Waals surface area contributed by atoms with Gasteiger partial charge in [0.05, 0.1) is 5.60 Å². The van der Waals surface area contributed by atoms with E-state index in [0.29, 0.717) is 0 Å². The topological polar surface area (TPSA) is 35.2 Å². The predicted octanol–water partition coefficient (Wildman–Crippen LogP) is 3.42. The van der Waals surface area contributed by atoms with Crippen LogP contribution < -0.4 is 5.73 Å². The summed E-state index contributed by atoms with van der Waals surface area (Å²) in [6.45, 7) is 5.03. The van der Waals surface area contributed by atoms with Crippen molar-refractivity contribution in [2.75, 3.05) is 13.7 Å². The van der Waals surface area contributed by atoms with E-state index in [1.54, 1.807) is 7.11 Å². The average molecular weight is 261 g/mol. The summed E-state index contributed by atoms with van der Waals surface area (Å²) in [5.41, 5.74) is 8.98. The van der Waals surface area contributed by atoms with Crippen molar-refractivity contribution in [1.29, 1.82) is 0 Å². The fraction of sp³-hybridized carbons (Fsp3) is 0.647. The Morgan fingerprint density at radius 1 is 1.26 bits per heavy atom. The molecule has 0 aromatic heterocycles. The molecule has 106 valence electrons. The number of hydrogen-bond donors (Lipinski definition) is 1. The maximum Gasteiger partial charge on any atom is 0.0662 e. The largest absolute Gasteiger partial charge is 0.378 e. The Balaban J connectivity index is 2.24. The van der Waals surface area contributed by atoms with E-state index >= 15 is 0 Å². The van der Waals surface area contributed by atoms with Crippen molar-refractivity contribution in [3.05, 3.63) is 35.4 Å². The molecule has 1 saturated carbocycles. The molecule has 0 unspecified atom stereocenters. The molecule has 0 radical (unpaired) electrons. The molecule has 2 heteroatoms. The molecule has 19 heavy (non-hydrogen) atoms. The van der Waals surface area contributed by atoms with Crippen LogP contribution in [-0.2, 0) is 16.6 Å². The highest BCUT2D eigenvalue weighted by Crippen LogP contribution is 2.40. The maximum absolute atomic E-state index is 6.08. The van der Waals surface area contributed by atoms with Crippen molar-refractivity contribution in [1.82, 2.24) is 0 Å². The van der Waals surface area contributed by atoms with Gasteiger partial charge in [-0.2, -0.15) is 0 Å². The van der Waals surface area contributed by atoms with Gasteiger partial charge in [-0.25, -0.2) is 0 Å². The third-order valence-corrected chi connectivity index (χ3v) is 4.67. The van der Waals surface area contributed by atoms with E-state index < -0.39 is 0 Å². The van der Waals surface area contributed by atoms with Gasteiger partial charge in [-0.3, -0.25) is 0 Å². The van der Waals surface area contributed by atoms with Crippen LogP contribution in [0.15, 0.2) is 24.3 Å². The fourth-order valence-electron chi connectivity index (χ4n) is 3.24. The van der Waals surface area contributed by atoms with E-state index in [-0.39, 0.29) is 11.0 Å². The zero-order valence-corrected chi connectivity index (χ0v) is 12.5. The molecule has 1 fully saturated rings. The predicted molar refractivity (Wildman–Crippen MR) is 80.4 cm³/mol. The molecule has 1 aromatic rings. The Hall–Kier alpha value is -0.860. The second-order valence-corrected chi connectivity index (χ2v) is 6.53. The first-order chi connectivity index (χ1) is 9.01. The van der Waals surface area contributed by atoms with Gasteiger partial charge in [-0.05, 0) is 37.8 Å². The van der Waals surface area contributed by atoms with Crippen molar-refractivity contribution < 1.29 is 4.74 Å². The van der Waals surface area contributed by atoms with Crippen molar-refractivity contribution in [2.45, 2.75) is 57.0 Å². The summed E-state index contributed by atoms with van der Waals surface area (Å²) in [5, 5.41) is 0. The minimum Gasteiger partial charge on any atom is -0.378 e. The Kier molecular flexibility index (Phi) is 4.32. The number of benzene rings is 1. The van der Waals surface area contributed by atoms with Gasteiger partial charge in [0.1, 0.15) is 0 Å². The quantitative estimate of drug-likeness (QED) is 0.881. The standard InChI is InChI=1S/C17H27NO/c1-16(2,19-3)12-14-7-6-8-15(11-14)17(13-18)9-4-5-10-17/h6-8,11H,4-5,9-10,12-13,18H2,1-3H3. The molecule has 1 aromatic carbocycles. The molecule has 0 saturated heterocycles. The van der Waals surface area contributed by atoms with Crippen LogP contribution in [0.2, 0.25) is 0 Å². The Bertz CT molecular complexity index is 419. The molecule has 0 heterocycles. The molecule has 0 bridgehead atoms. The minimum absolute atomic E-state index is 0.107. The molecule has 1 aliphatic rings. The lowest BCUT2D eigenvalue weighted by molar-refractivity contribution is 0.0232. The Morgan fingerprint density at radius 3 is 2.53 bits per heavy atom. The third kappa shape index (κ3) is 3.18. The number of ether oxygens (including phenoxy) is 1. The SMILES string of the molecule is COC(C)(C)Cc1cccc(C2(CN)CCCC2)c1. The smallest absolute Gasteiger partial charge is 0.0662 e. The number of methoxy groups -OCH3 is 1. The minimum atomic E-state index is -0.107. The first kappa shape index (κ1) is 14.5. The van der Waals surface area contributed by atoms with Gasteiger partial charge in [0.25, 0.3) is 0 Å². The van der Waals surface area contributed by atoms with Crippen LogP contribution in [-0.4, -0.2) is 19.3 Å². The molecule has 2 nitrogen and oxygen atoms in total. The van der Waals surface area contributed by atoms with Gasteiger partial charge in [0.2, 0.25) is 0 Å². The van der Waals surface area contributed by atoms with Gasteiger partial charge in [0, 0.05) is 25.5 Å². The van der Waals surface area contributed by atoms with Gasteiger partial charge in [0.15, 0.2) is 0 Å². The molecule has 0 atom stereocenters.